The quantitative estimate of drug-likeness (QED) is 0.821. The van der Waals surface area contributed by atoms with Crippen LogP contribution in [-0.4, -0.2) is 38.5 Å². The standard InChI is InChI=1S/C15H23NO3/c1-18-14-3-2-4-15(9-14)19-11-13(10-17)12-5-7-16-8-6-12/h2-4,9,12-13,16-17H,5-8,10-11H2,1H3. The van der Waals surface area contributed by atoms with E-state index < -0.39 is 0 Å². The smallest absolute Gasteiger partial charge is 0.123 e. The molecule has 1 aliphatic rings. The molecule has 0 saturated carbocycles. The zero-order chi connectivity index (χ0) is 13.5. The van der Waals surface area contributed by atoms with Crippen molar-refractivity contribution < 1.29 is 14.6 Å². The molecule has 1 aliphatic heterocycles. The molecule has 0 amide bonds. The van der Waals surface area contributed by atoms with Crippen LogP contribution in [0.1, 0.15) is 12.8 Å². The van der Waals surface area contributed by atoms with E-state index in [1.165, 1.54) is 0 Å². The van der Waals surface area contributed by atoms with Gasteiger partial charge in [-0.15, -0.1) is 0 Å². The molecule has 0 bridgehead atoms. The number of ether oxygens (including phenoxy) is 2. The molecule has 106 valence electrons. The number of hydrogen-bond donors (Lipinski definition) is 2. The molecular weight excluding hydrogens is 242 g/mol. The van der Waals surface area contributed by atoms with Crippen LogP contribution in [0.3, 0.4) is 0 Å². The lowest BCUT2D eigenvalue weighted by molar-refractivity contribution is 0.102. The second kappa shape index (κ2) is 7.36. The Morgan fingerprint density at radius 1 is 1.32 bits per heavy atom. The van der Waals surface area contributed by atoms with Crippen LogP contribution in [0.5, 0.6) is 11.5 Å². The Balaban J connectivity index is 1.87. The third-order valence-electron chi connectivity index (χ3n) is 3.79. The highest BCUT2D eigenvalue weighted by Gasteiger charge is 2.23. The summed E-state index contributed by atoms with van der Waals surface area (Å²) in [6, 6.07) is 7.59. The summed E-state index contributed by atoms with van der Waals surface area (Å²) in [6.45, 7) is 2.84. The van der Waals surface area contributed by atoms with Gasteiger partial charge in [-0.1, -0.05) is 6.07 Å². The van der Waals surface area contributed by atoms with Gasteiger partial charge in [0.05, 0.1) is 13.7 Å². The van der Waals surface area contributed by atoms with E-state index in [9.17, 15) is 5.11 Å². The Morgan fingerprint density at radius 2 is 2.05 bits per heavy atom. The highest BCUT2D eigenvalue weighted by atomic mass is 16.5. The first-order valence-electron chi connectivity index (χ1n) is 6.92. The highest BCUT2D eigenvalue weighted by Crippen LogP contribution is 2.24. The third-order valence-corrected chi connectivity index (χ3v) is 3.79. The predicted octanol–water partition coefficient (Wildman–Crippen LogP) is 1.68. The second-order valence-electron chi connectivity index (χ2n) is 5.02. The third kappa shape index (κ3) is 4.11. The molecule has 1 heterocycles. The van der Waals surface area contributed by atoms with Crippen molar-refractivity contribution in [2.24, 2.45) is 11.8 Å². The van der Waals surface area contributed by atoms with Crippen LogP contribution >= 0.6 is 0 Å². The van der Waals surface area contributed by atoms with E-state index in [1.807, 2.05) is 24.3 Å². The van der Waals surface area contributed by atoms with Crippen molar-refractivity contribution in [3.63, 3.8) is 0 Å². The lowest BCUT2D eigenvalue weighted by atomic mass is 9.86. The van der Waals surface area contributed by atoms with Gasteiger partial charge in [-0.05, 0) is 44.0 Å². The zero-order valence-electron chi connectivity index (χ0n) is 11.5. The largest absolute Gasteiger partial charge is 0.497 e. The maximum absolute atomic E-state index is 9.53. The molecule has 4 heteroatoms. The van der Waals surface area contributed by atoms with Gasteiger partial charge in [-0.3, -0.25) is 0 Å². The molecule has 4 nitrogen and oxygen atoms in total. The number of aliphatic hydroxyl groups excluding tert-OH is 1. The first-order valence-corrected chi connectivity index (χ1v) is 6.92. The SMILES string of the molecule is COc1cccc(OCC(CO)C2CCNCC2)c1. The average Bonchev–Trinajstić information content (AvgIpc) is 2.49. The predicted molar refractivity (Wildman–Crippen MR) is 74.7 cm³/mol. The number of aliphatic hydroxyl groups is 1. The van der Waals surface area contributed by atoms with Crippen molar-refractivity contribution in [1.82, 2.24) is 5.32 Å². The van der Waals surface area contributed by atoms with Gasteiger partial charge in [0.1, 0.15) is 11.5 Å². The summed E-state index contributed by atoms with van der Waals surface area (Å²) in [5.41, 5.74) is 0. The van der Waals surface area contributed by atoms with Crippen LogP contribution in [0.4, 0.5) is 0 Å². The summed E-state index contributed by atoms with van der Waals surface area (Å²) >= 11 is 0. The molecule has 2 rings (SSSR count). The number of benzene rings is 1. The Morgan fingerprint density at radius 3 is 2.74 bits per heavy atom. The minimum atomic E-state index is 0.189. The molecule has 19 heavy (non-hydrogen) atoms. The van der Waals surface area contributed by atoms with Crippen molar-refractivity contribution in [1.29, 1.82) is 0 Å². The maximum Gasteiger partial charge on any atom is 0.123 e. The summed E-state index contributed by atoms with van der Waals surface area (Å²) in [5, 5.41) is 12.9. The Labute approximate surface area is 114 Å². The molecule has 0 spiro atoms. The van der Waals surface area contributed by atoms with Crippen LogP contribution in [0.2, 0.25) is 0 Å². The van der Waals surface area contributed by atoms with Crippen molar-refractivity contribution in [3.8, 4) is 11.5 Å². The van der Waals surface area contributed by atoms with Crippen LogP contribution < -0.4 is 14.8 Å². The van der Waals surface area contributed by atoms with Crippen molar-refractivity contribution in [3.05, 3.63) is 24.3 Å². The number of nitrogens with one attached hydrogen (secondary N) is 1. The lowest BCUT2D eigenvalue weighted by Crippen LogP contribution is -2.35. The fourth-order valence-corrected chi connectivity index (χ4v) is 2.55. The normalized spacial score (nSPS) is 18.0. The second-order valence-corrected chi connectivity index (χ2v) is 5.02. The van der Waals surface area contributed by atoms with Gasteiger partial charge in [0.2, 0.25) is 0 Å². The minimum Gasteiger partial charge on any atom is -0.497 e. The fourth-order valence-electron chi connectivity index (χ4n) is 2.55. The van der Waals surface area contributed by atoms with Crippen LogP contribution in [0.25, 0.3) is 0 Å². The van der Waals surface area contributed by atoms with E-state index in [-0.39, 0.29) is 12.5 Å². The molecule has 1 atom stereocenters. The van der Waals surface area contributed by atoms with Gasteiger partial charge < -0.3 is 19.9 Å². The van der Waals surface area contributed by atoms with Crippen molar-refractivity contribution in [2.75, 3.05) is 33.4 Å². The lowest BCUT2D eigenvalue weighted by Gasteiger charge is -2.29. The summed E-state index contributed by atoms with van der Waals surface area (Å²) in [6.07, 6.45) is 2.24. The van der Waals surface area contributed by atoms with E-state index in [0.29, 0.717) is 12.5 Å². The first-order chi connectivity index (χ1) is 9.33. The average molecular weight is 265 g/mol. The minimum absolute atomic E-state index is 0.189. The topological polar surface area (TPSA) is 50.7 Å². The van der Waals surface area contributed by atoms with E-state index >= 15 is 0 Å². The van der Waals surface area contributed by atoms with Gasteiger partial charge in [-0.25, -0.2) is 0 Å². The van der Waals surface area contributed by atoms with Gasteiger partial charge in [-0.2, -0.15) is 0 Å². The van der Waals surface area contributed by atoms with Crippen molar-refractivity contribution in [2.45, 2.75) is 12.8 Å². The van der Waals surface area contributed by atoms with Gasteiger partial charge in [0, 0.05) is 18.6 Å². The molecule has 1 saturated heterocycles. The monoisotopic (exact) mass is 265 g/mol. The molecular formula is C15H23NO3. The van der Waals surface area contributed by atoms with Crippen LogP contribution in [0.15, 0.2) is 24.3 Å². The number of methoxy groups -OCH3 is 1. The molecule has 2 N–H and O–H groups in total. The zero-order valence-corrected chi connectivity index (χ0v) is 11.5. The maximum atomic E-state index is 9.53. The van der Waals surface area contributed by atoms with E-state index in [1.54, 1.807) is 7.11 Å². The fraction of sp³-hybridized carbons (Fsp3) is 0.600. The van der Waals surface area contributed by atoms with E-state index in [0.717, 1.165) is 37.4 Å². The van der Waals surface area contributed by atoms with E-state index in [2.05, 4.69) is 5.32 Å². The number of hydrogen-bond acceptors (Lipinski definition) is 4. The van der Waals surface area contributed by atoms with Gasteiger partial charge in [0.15, 0.2) is 0 Å². The summed E-state index contributed by atoms with van der Waals surface area (Å²) in [5.74, 6) is 2.36. The Kier molecular flexibility index (Phi) is 5.48. The Bertz CT molecular complexity index is 377. The number of piperidine rings is 1. The summed E-state index contributed by atoms with van der Waals surface area (Å²) in [4.78, 5) is 0. The van der Waals surface area contributed by atoms with Crippen LogP contribution in [0, 0.1) is 11.8 Å². The molecule has 1 aromatic rings. The summed E-state index contributed by atoms with van der Waals surface area (Å²) < 4.78 is 11.0. The molecule has 1 unspecified atom stereocenters. The molecule has 0 aromatic heterocycles. The van der Waals surface area contributed by atoms with E-state index in [4.69, 9.17) is 9.47 Å². The molecule has 1 aromatic carbocycles. The first kappa shape index (κ1) is 14.2. The molecule has 1 fully saturated rings. The van der Waals surface area contributed by atoms with Crippen molar-refractivity contribution >= 4 is 0 Å². The molecule has 0 radical (unpaired) electrons. The molecule has 0 aliphatic carbocycles. The number of rotatable bonds is 6. The van der Waals surface area contributed by atoms with Crippen LogP contribution in [-0.2, 0) is 0 Å². The summed E-state index contributed by atoms with van der Waals surface area (Å²) in [7, 11) is 1.64. The Hall–Kier alpha value is -1.26. The van der Waals surface area contributed by atoms with Gasteiger partial charge in [0.25, 0.3) is 0 Å². The highest BCUT2D eigenvalue weighted by molar-refractivity contribution is 5.32. The van der Waals surface area contributed by atoms with Gasteiger partial charge >= 0.3 is 0 Å².